The molecule has 1 aromatic heterocycles. The van der Waals surface area contributed by atoms with E-state index in [1.165, 1.54) is 18.3 Å². The van der Waals surface area contributed by atoms with Gasteiger partial charge >= 0.3 is 6.18 Å². The molecule has 160 valence electrons. The zero-order valence-electron chi connectivity index (χ0n) is 16.5. The van der Waals surface area contributed by atoms with Crippen molar-refractivity contribution < 1.29 is 18.0 Å². The molecule has 9 heteroatoms. The quantitative estimate of drug-likeness (QED) is 0.660. The Hall–Kier alpha value is -3.46. The second-order valence-electron chi connectivity index (χ2n) is 7.09. The Kier molecular flexibility index (Phi) is 5.85. The molecule has 1 saturated heterocycles. The fourth-order valence-corrected chi connectivity index (χ4v) is 3.29. The number of rotatable bonds is 4. The summed E-state index contributed by atoms with van der Waals surface area (Å²) in [5.74, 6) is 0.298. The molecule has 0 bridgehead atoms. The third-order valence-electron chi connectivity index (χ3n) is 4.96. The average molecular weight is 427 g/mol. The molecule has 4 rings (SSSR count). The molecule has 31 heavy (non-hydrogen) atoms. The van der Waals surface area contributed by atoms with Crippen LogP contribution in [-0.4, -0.2) is 47.0 Å². The van der Waals surface area contributed by atoms with Crippen molar-refractivity contribution in [3.8, 4) is 11.3 Å². The summed E-state index contributed by atoms with van der Waals surface area (Å²) in [6, 6.07) is 13.5. The summed E-state index contributed by atoms with van der Waals surface area (Å²) < 4.78 is 38.3. The molecule has 2 heterocycles. The van der Waals surface area contributed by atoms with Crippen LogP contribution in [-0.2, 0) is 6.18 Å². The number of carbonyl (C=O) groups excluding carboxylic acids is 1. The Balaban J connectivity index is 1.46. The predicted octanol–water partition coefficient (Wildman–Crippen LogP) is 3.95. The molecule has 2 aromatic carbocycles. The van der Waals surface area contributed by atoms with E-state index in [1.807, 2.05) is 4.90 Å². The van der Waals surface area contributed by atoms with Crippen LogP contribution in [0, 0.1) is 0 Å². The van der Waals surface area contributed by atoms with E-state index in [1.54, 1.807) is 30.3 Å². The number of amides is 1. The van der Waals surface area contributed by atoms with E-state index in [4.69, 9.17) is 0 Å². The van der Waals surface area contributed by atoms with Crippen molar-refractivity contribution in [2.75, 3.05) is 31.5 Å². The molecular formula is C22H20F3N5O. The summed E-state index contributed by atoms with van der Waals surface area (Å²) in [6.45, 7) is 2.95. The molecule has 0 unspecified atom stereocenters. The van der Waals surface area contributed by atoms with E-state index in [0.717, 1.165) is 25.2 Å². The monoisotopic (exact) mass is 427 g/mol. The van der Waals surface area contributed by atoms with Crippen LogP contribution < -0.4 is 10.6 Å². The number of benzene rings is 2. The van der Waals surface area contributed by atoms with Gasteiger partial charge in [0, 0.05) is 49.2 Å². The Morgan fingerprint density at radius 2 is 1.65 bits per heavy atom. The second-order valence-corrected chi connectivity index (χ2v) is 7.09. The van der Waals surface area contributed by atoms with E-state index in [2.05, 4.69) is 20.6 Å². The van der Waals surface area contributed by atoms with Crippen LogP contribution >= 0.6 is 0 Å². The number of alkyl halides is 3. The Bertz CT molecular complexity index is 1050. The lowest BCUT2D eigenvalue weighted by Crippen LogP contribution is -2.46. The van der Waals surface area contributed by atoms with E-state index in [0.29, 0.717) is 41.5 Å². The van der Waals surface area contributed by atoms with Crippen molar-refractivity contribution in [1.82, 2.24) is 20.2 Å². The topological polar surface area (TPSA) is 70.2 Å². The molecule has 1 aliphatic rings. The minimum Gasteiger partial charge on any atom is -0.336 e. The number of carbonyl (C=O) groups is 1. The number of piperazine rings is 1. The Labute approximate surface area is 177 Å². The number of nitrogens with zero attached hydrogens (tertiary/aromatic N) is 3. The molecule has 0 spiro atoms. The van der Waals surface area contributed by atoms with E-state index in [-0.39, 0.29) is 5.91 Å². The number of hydrogen-bond acceptors (Lipinski definition) is 5. The fourth-order valence-electron chi connectivity index (χ4n) is 3.29. The smallest absolute Gasteiger partial charge is 0.336 e. The van der Waals surface area contributed by atoms with Gasteiger partial charge in [-0.1, -0.05) is 12.1 Å². The summed E-state index contributed by atoms with van der Waals surface area (Å²) in [6.07, 6.45) is -2.85. The summed E-state index contributed by atoms with van der Waals surface area (Å²) in [7, 11) is 0. The molecule has 0 radical (unpaired) electrons. The highest BCUT2D eigenvalue weighted by Crippen LogP contribution is 2.30. The Morgan fingerprint density at radius 1 is 0.968 bits per heavy atom. The van der Waals surface area contributed by atoms with Crippen LogP contribution in [0.3, 0.4) is 0 Å². The average Bonchev–Trinajstić information content (AvgIpc) is 2.79. The van der Waals surface area contributed by atoms with Crippen LogP contribution in [0.2, 0.25) is 0 Å². The van der Waals surface area contributed by atoms with Gasteiger partial charge in [-0.2, -0.15) is 13.2 Å². The highest BCUT2D eigenvalue weighted by molar-refractivity contribution is 5.94. The standard InChI is InChI=1S/C22H20F3N5O/c23-22(24,25)17-5-1-15(2-6-17)19-9-10-27-21(29-19)28-18-7-3-16(4-8-18)20(31)30-13-11-26-12-14-30/h1-10,26H,11-14H2,(H,27,28,29). The molecule has 2 N–H and O–H groups in total. The maximum absolute atomic E-state index is 12.8. The number of hydrogen-bond donors (Lipinski definition) is 2. The normalized spacial score (nSPS) is 14.4. The van der Waals surface area contributed by atoms with Gasteiger partial charge in [0.1, 0.15) is 0 Å². The van der Waals surface area contributed by atoms with E-state index in [9.17, 15) is 18.0 Å². The molecule has 1 amide bonds. The van der Waals surface area contributed by atoms with Crippen LogP contribution in [0.5, 0.6) is 0 Å². The molecule has 1 aliphatic heterocycles. The van der Waals surface area contributed by atoms with Crippen molar-refractivity contribution in [3.05, 3.63) is 71.9 Å². The molecule has 0 atom stereocenters. The molecular weight excluding hydrogens is 407 g/mol. The second kappa shape index (κ2) is 8.73. The zero-order valence-corrected chi connectivity index (χ0v) is 16.5. The van der Waals surface area contributed by atoms with Gasteiger partial charge in [0.15, 0.2) is 0 Å². The van der Waals surface area contributed by atoms with Gasteiger partial charge in [-0.3, -0.25) is 4.79 Å². The molecule has 3 aromatic rings. The fraction of sp³-hybridized carbons (Fsp3) is 0.227. The molecule has 1 fully saturated rings. The summed E-state index contributed by atoms with van der Waals surface area (Å²) in [5.41, 5.74) is 1.64. The van der Waals surface area contributed by atoms with Gasteiger partial charge in [0.05, 0.1) is 11.3 Å². The minimum atomic E-state index is -4.38. The number of halogens is 3. The van der Waals surface area contributed by atoms with Crippen molar-refractivity contribution in [3.63, 3.8) is 0 Å². The minimum absolute atomic E-state index is 0.00592. The van der Waals surface area contributed by atoms with Crippen molar-refractivity contribution in [2.24, 2.45) is 0 Å². The molecule has 0 aliphatic carbocycles. The van der Waals surface area contributed by atoms with Crippen molar-refractivity contribution in [2.45, 2.75) is 6.18 Å². The van der Waals surface area contributed by atoms with Gasteiger partial charge in [0.25, 0.3) is 5.91 Å². The lowest BCUT2D eigenvalue weighted by Gasteiger charge is -2.27. The maximum Gasteiger partial charge on any atom is 0.416 e. The highest BCUT2D eigenvalue weighted by Gasteiger charge is 2.30. The third-order valence-corrected chi connectivity index (χ3v) is 4.96. The summed E-state index contributed by atoms with van der Waals surface area (Å²) >= 11 is 0. The lowest BCUT2D eigenvalue weighted by atomic mass is 10.1. The summed E-state index contributed by atoms with van der Waals surface area (Å²) in [4.78, 5) is 22.9. The number of anilines is 2. The van der Waals surface area contributed by atoms with Crippen LogP contribution in [0.25, 0.3) is 11.3 Å². The lowest BCUT2D eigenvalue weighted by molar-refractivity contribution is -0.137. The van der Waals surface area contributed by atoms with Gasteiger partial charge in [-0.25, -0.2) is 9.97 Å². The number of nitrogens with one attached hydrogen (secondary N) is 2. The SMILES string of the molecule is O=C(c1ccc(Nc2nccc(-c3ccc(C(F)(F)F)cc3)n2)cc1)N1CCNCC1. The number of aromatic nitrogens is 2. The van der Waals surface area contributed by atoms with Crippen LogP contribution in [0.15, 0.2) is 60.8 Å². The Morgan fingerprint density at radius 3 is 2.29 bits per heavy atom. The summed E-state index contributed by atoms with van der Waals surface area (Å²) in [5, 5.41) is 6.27. The van der Waals surface area contributed by atoms with Crippen LogP contribution in [0.1, 0.15) is 15.9 Å². The highest BCUT2D eigenvalue weighted by atomic mass is 19.4. The molecule has 6 nitrogen and oxygen atoms in total. The van der Waals surface area contributed by atoms with Gasteiger partial charge in [-0.05, 0) is 42.5 Å². The predicted molar refractivity (Wildman–Crippen MR) is 111 cm³/mol. The first-order valence-electron chi connectivity index (χ1n) is 9.78. The third kappa shape index (κ3) is 5.00. The largest absolute Gasteiger partial charge is 0.416 e. The van der Waals surface area contributed by atoms with Gasteiger partial charge < -0.3 is 15.5 Å². The van der Waals surface area contributed by atoms with Crippen molar-refractivity contribution >= 4 is 17.5 Å². The van der Waals surface area contributed by atoms with E-state index < -0.39 is 11.7 Å². The zero-order chi connectivity index (χ0) is 21.8. The first-order chi connectivity index (χ1) is 14.9. The first kappa shape index (κ1) is 20.8. The maximum atomic E-state index is 12.8. The first-order valence-corrected chi connectivity index (χ1v) is 9.78. The van der Waals surface area contributed by atoms with Crippen LogP contribution in [0.4, 0.5) is 24.8 Å². The van der Waals surface area contributed by atoms with Gasteiger partial charge in [0.2, 0.25) is 5.95 Å². The molecule has 0 saturated carbocycles. The van der Waals surface area contributed by atoms with Crippen molar-refractivity contribution in [1.29, 1.82) is 0 Å². The van der Waals surface area contributed by atoms with E-state index >= 15 is 0 Å². The van der Waals surface area contributed by atoms with Gasteiger partial charge in [-0.15, -0.1) is 0 Å².